The van der Waals surface area contributed by atoms with E-state index in [2.05, 4.69) is 22.4 Å². The molecule has 1 aromatic rings. The molecular formula is C8H4NO2S-. The lowest BCUT2D eigenvalue weighted by Crippen LogP contribution is -2.21. The zero-order valence-electron chi connectivity index (χ0n) is 5.98. The van der Waals surface area contributed by atoms with E-state index in [4.69, 9.17) is 0 Å². The molecule has 0 bridgehead atoms. The highest BCUT2D eigenvalue weighted by atomic mass is 32.1. The number of carbonyl (C=O) groups is 1. The zero-order valence-corrected chi connectivity index (χ0v) is 6.80. The van der Waals surface area contributed by atoms with Gasteiger partial charge in [0.25, 0.3) is 0 Å². The number of aliphatic imine (C=N–C) groups is 1. The average molecular weight is 178 g/mol. The van der Waals surface area contributed by atoms with Crippen LogP contribution in [0, 0.1) is 0 Å². The number of rotatable bonds is 2. The number of carbonyl (C=O) groups excluding carboxylic acids is 1. The van der Waals surface area contributed by atoms with Crippen LogP contribution in [0.1, 0.15) is 10.4 Å². The minimum atomic E-state index is -1.20. The van der Waals surface area contributed by atoms with Crippen molar-refractivity contribution in [3.63, 3.8) is 0 Å². The monoisotopic (exact) mass is 178 g/mol. The predicted molar refractivity (Wildman–Crippen MR) is 45.5 cm³/mol. The number of benzene rings is 1. The highest BCUT2D eigenvalue weighted by molar-refractivity contribution is 7.78. The quantitative estimate of drug-likeness (QED) is 0.497. The summed E-state index contributed by atoms with van der Waals surface area (Å²) in [6.45, 7) is 0. The van der Waals surface area contributed by atoms with Crippen molar-refractivity contribution in [3.05, 3.63) is 29.8 Å². The van der Waals surface area contributed by atoms with Gasteiger partial charge in [0.05, 0.1) is 16.8 Å². The molecule has 0 unspecified atom stereocenters. The standard InChI is InChI=1S/C8H5NO2S/c10-8(11)6-1-3-7(4-2-6)9-5-12/h1-4H,(H,10,11)/p-1. The van der Waals surface area contributed by atoms with Crippen LogP contribution < -0.4 is 5.11 Å². The molecule has 0 spiro atoms. The number of hydrogen-bond donors (Lipinski definition) is 0. The summed E-state index contributed by atoms with van der Waals surface area (Å²) in [5, 5.41) is 12.5. The summed E-state index contributed by atoms with van der Waals surface area (Å²) in [5.41, 5.74) is 0.702. The number of nitrogens with zero attached hydrogens (tertiary/aromatic N) is 1. The molecule has 0 saturated heterocycles. The van der Waals surface area contributed by atoms with Crippen LogP contribution in [-0.4, -0.2) is 11.1 Å². The summed E-state index contributed by atoms with van der Waals surface area (Å²) < 4.78 is 0. The summed E-state index contributed by atoms with van der Waals surface area (Å²) in [5.74, 6) is -1.20. The summed E-state index contributed by atoms with van der Waals surface area (Å²) in [6.07, 6.45) is 0. The molecule has 0 amide bonds. The maximum atomic E-state index is 10.3. The highest BCUT2D eigenvalue weighted by Crippen LogP contribution is 2.11. The van der Waals surface area contributed by atoms with Crippen LogP contribution in [0.25, 0.3) is 0 Å². The lowest BCUT2D eigenvalue weighted by atomic mass is 10.2. The van der Waals surface area contributed by atoms with Crippen LogP contribution in [0.4, 0.5) is 5.69 Å². The first kappa shape index (κ1) is 8.59. The molecule has 0 aliphatic rings. The van der Waals surface area contributed by atoms with Gasteiger partial charge in [-0.05, 0) is 29.9 Å². The van der Waals surface area contributed by atoms with Gasteiger partial charge >= 0.3 is 0 Å². The molecule has 0 aromatic heterocycles. The van der Waals surface area contributed by atoms with Crippen molar-refractivity contribution in [1.82, 2.24) is 0 Å². The van der Waals surface area contributed by atoms with Gasteiger partial charge in [0.1, 0.15) is 0 Å². The van der Waals surface area contributed by atoms with E-state index in [9.17, 15) is 9.90 Å². The van der Waals surface area contributed by atoms with E-state index in [-0.39, 0.29) is 5.56 Å². The Kier molecular flexibility index (Phi) is 2.69. The van der Waals surface area contributed by atoms with Gasteiger partial charge < -0.3 is 9.90 Å². The van der Waals surface area contributed by atoms with Crippen molar-refractivity contribution in [2.45, 2.75) is 0 Å². The second-order valence-electron chi connectivity index (χ2n) is 2.04. The van der Waals surface area contributed by atoms with Crippen LogP contribution in [-0.2, 0) is 0 Å². The summed E-state index contributed by atoms with van der Waals surface area (Å²) >= 11 is 4.37. The lowest BCUT2D eigenvalue weighted by Gasteiger charge is -2.00. The zero-order chi connectivity index (χ0) is 8.97. The number of hydrogen-bond acceptors (Lipinski definition) is 4. The van der Waals surface area contributed by atoms with Crippen molar-refractivity contribution < 1.29 is 9.90 Å². The Morgan fingerprint density at radius 3 is 2.42 bits per heavy atom. The number of carboxylic acid groups (broad SMARTS) is 1. The summed E-state index contributed by atoms with van der Waals surface area (Å²) in [4.78, 5) is 14.0. The van der Waals surface area contributed by atoms with E-state index in [1.807, 2.05) is 0 Å². The smallest absolute Gasteiger partial charge is 0.0740 e. The van der Waals surface area contributed by atoms with Gasteiger partial charge in [0, 0.05) is 0 Å². The van der Waals surface area contributed by atoms with Gasteiger partial charge in [-0.3, -0.25) is 0 Å². The van der Waals surface area contributed by atoms with Gasteiger partial charge in [-0.2, -0.15) is 4.99 Å². The van der Waals surface area contributed by atoms with Crippen molar-refractivity contribution in [3.8, 4) is 0 Å². The maximum Gasteiger partial charge on any atom is 0.0740 e. The molecule has 0 aliphatic carbocycles. The summed E-state index contributed by atoms with van der Waals surface area (Å²) in [6, 6.07) is 5.87. The first-order valence-corrected chi connectivity index (χ1v) is 3.54. The van der Waals surface area contributed by atoms with E-state index in [0.29, 0.717) is 5.69 Å². The van der Waals surface area contributed by atoms with Gasteiger partial charge in [-0.15, -0.1) is 0 Å². The fraction of sp³-hybridized carbons (Fsp3) is 0. The van der Waals surface area contributed by atoms with Crippen LogP contribution in [0.15, 0.2) is 29.3 Å². The van der Waals surface area contributed by atoms with E-state index >= 15 is 0 Å². The summed E-state index contributed by atoms with van der Waals surface area (Å²) in [7, 11) is 0. The molecule has 60 valence electrons. The number of carboxylic acids is 1. The van der Waals surface area contributed by atoms with E-state index in [1.165, 1.54) is 24.3 Å². The Morgan fingerprint density at radius 1 is 1.42 bits per heavy atom. The van der Waals surface area contributed by atoms with E-state index < -0.39 is 5.97 Å². The predicted octanol–water partition coefficient (Wildman–Crippen LogP) is 0.784. The molecule has 0 N–H and O–H groups in total. The van der Waals surface area contributed by atoms with Crippen molar-refractivity contribution in [1.29, 1.82) is 0 Å². The number of isothiocyanates is 1. The second kappa shape index (κ2) is 3.76. The molecule has 1 aromatic carbocycles. The molecule has 0 heterocycles. The Balaban J connectivity index is 3.00. The third-order valence-corrected chi connectivity index (χ3v) is 1.37. The van der Waals surface area contributed by atoms with Gasteiger partial charge in [0.2, 0.25) is 0 Å². The first-order valence-electron chi connectivity index (χ1n) is 3.13. The molecule has 0 atom stereocenters. The third kappa shape index (κ3) is 1.99. The molecule has 0 saturated carbocycles. The first-order chi connectivity index (χ1) is 5.74. The largest absolute Gasteiger partial charge is 0.545 e. The minimum absolute atomic E-state index is 0.123. The average Bonchev–Trinajstić information content (AvgIpc) is 2.06. The Hall–Kier alpha value is -1.51. The number of aromatic carboxylic acids is 1. The third-order valence-electron chi connectivity index (χ3n) is 1.28. The maximum absolute atomic E-state index is 10.3. The molecule has 0 fully saturated rings. The molecule has 0 aliphatic heterocycles. The Labute approximate surface area is 74.4 Å². The molecule has 0 radical (unpaired) electrons. The Morgan fingerprint density at radius 2 is 2.00 bits per heavy atom. The minimum Gasteiger partial charge on any atom is -0.545 e. The SMILES string of the molecule is O=C([O-])c1ccc(N=C=S)cc1. The fourth-order valence-electron chi connectivity index (χ4n) is 0.725. The molecule has 4 heteroatoms. The van der Waals surface area contributed by atoms with Crippen LogP contribution in [0.2, 0.25) is 0 Å². The van der Waals surface area contributed by atoms with Crippen molar-refractivity contribution in [2.75, 3.05) is 0 Å². The lowest BCUT2D eigenvalue weighted by molar-refractivity contribution is -0.255. The number of thiocarbonyl (C=S) groups is 1. The van der Waals surface area contributed by atoms with Crippen LogP contribution in [0.3, 0.4) is 0 Å². The normalized spacial score (nSPS) is 8.67. The fourth-order valence-corrected chi connectivity index (χ4v) is 0.830. The molecule has 12 heavy (non-hydrogen) atoms. The second-order valence-corrected chi connectivity index (χ2v) is 2.22. The van der Waals surface area contributed by atoms with E-state index in [1.54, 1.807) is 0 Å². The molecule has 1 rings (SSSR count). The topological polar surface area (TPSA) is 52.5 Å². The Bertz CT molecular complexity index is 318. The highest BCUT2D eigenvalue weighted by Gasteiger charge is 1.91. The van der Waals surface area contributed by atoms with Gasteiger partial charge in [0.15, 0.2) is 0 Å². The molecule has 3 nitrogen and oxygen atoms in total. The van der Waals surface area contributed by atoms with Crippen molar-refractivity contribution >= 4 is 29.0 Å². The van der Waals surface area contributed by atoms with Gasteiger partial charge in [-0.25, -0.2) is 0 Å². The van der Waals surface area contributed by atoms with Crippen molar-refractivity contribution in [2.24, 2.45) is 4.99 Å². The van der Waals surface area contributed by atoms with Crippen LogP contribution in [0.5, 0.6) is 0 Å². The van der Waals surface area contributed by atoms with Gasteiger partial charge in [-0.1, -0.05) is 12.1 Å². The van der Waals surface area contributed by atoms with E-state index in [0.717, 1.165) is 0 Å². The van der Waals surface area contributed by atoms with Crippen LogP contribution >= 0.6 is 12.2 Å². The molecular weight excluding hydrogens is 174 g/mol.